The molecule has 122 valence electrons. The molecule has 0 unspecified atom stereocenters. The van der Waals surface area contributed by atoms with Gasteiger partial charge in [0.15, 0.2) is 0 Å². The number of amides is 1. The van der Waals surface area contributed by atoms with Crippen LogP contribution < -0.4 is 5.32 Å². The van der Waals surface area contributed by atoms with Crippen molar-refractivity contribution in [1.82, 2.24) is 10.2 Å². The quantitative estimate of drug-likeness (QED) is 0.843. The monoisotopic (exact) mass is 342 g/mol. The highest BCUT2D eigenvalue weighted by atomic mass is 35.5. The van der Waals surface area contributed by atoms with E-state index in [0.29, 0.717) is 35.5 Å². The minimum Gasteiger partial charge on any atom is -0.339 e. The van der Waals surface area contributed by atoms with Crippen molar-refractivity contribution < 1.29 is 4.79 Å². The molecular weight excluding hydrogens is 319 g/mol. The van der Waals surface area contributed by atoms with Gasteiger partial charge in [-0.3, -0.25) is 4.79 Å². The van der Waals surface area contributed by atoms with Gasteiger partial charge in [-0.2, -0.15) is 0 Å². The number of hydrogen-bond acceptors (Lipinski definition) is 2. The van der Waals surface area contributed by atoms with Crippen LogP contribution in [-0.2, 0) is 11.3 Å². The van der Waals surface area contributed by atoms with Crippen LogP contribution in [0.15, 0.2) is 18.2 Å². The topological polar surface area (TPSA) is 32.3 Å². The van der Waals surface area contributed by atoms with Gasteiger partial charge >= 0.3 is 0 Å². The zero-order valence-electron chi connectivity index (χ0n) is 13.1. The number of halogens is 2. The van der Waals surface area contributed by atoms with Gasteiger partial charge in [0.25, 0.3) is 0 Å². The third-order valence-electron chi connectivity index (χ3n) is 4.32. The van der Waals surface area contributed by atoms with E-state index in [9.17, 15) is 4.79 Å². The zero-order valence-corrected chi connectivity index (χ0v) is 14.6. The van der Waals surface area contributed by atoms with Gasteiger partial charge in [-0.15, -0.1) is 0 Å². The zero-order chi connectivity index (χ0) is 15.9. The van der Waals surface area contributed by atoms with Gasteiger partial charge in [0, 0.05) is 19.5 Å². The highest BCUT2D eigenvalue weighted by Crippen LogP contribution is 2.24. The summed E-state index contributed by atoms with van der Waals surface area (Å²) in [6.45, 7) is 5.49. The molecule has 0 radical (unpaired) electrons. The fourth-order valence-corrected chi connectivity index (χ4v) is 3.21. The summed E-state index contributed by atoms with van der Waals surface area (Å²) < 4.78 is 0. The Bertz CT molecular complexity index is 501. The molecule has 5 heteroatoms. The minimum absolute atomic E-state index is 0.229. The van der Waals surface area contributed by atoms with Crippen molar-refractivity contribution in [2.75, 3.05) is 19.6 Å². The Hall–Kier alpha value is -0.770. The molecule has 0 aromatic heterocycles. The molecule has 1 amide bonds. The van der Waals surface area contributed by atoms with Gasteiger partial charge in [0.05, 0.1) is 10.0 Å². The van der Waals surface area contributed by atoms with Crippen molar-refractivity contribution in [2.24, 2.45) is 5.92 Å². The molecule has 1 fully saturated rings. The van der Waals surface area contributed by atoms with E-state index >= 15 is 0 Å². The van der Waals surface area contributed by atoms with Gasteiger partial charge in [-0.05, 0) is 62.9 Å². The molecule has 2 rings (SSSR count). The lowest BCUT2D eigenvalue weighted by Gasteiger charge is -2.25. The second-order valence-corrected chi connectivity index (χ2v) is 6.70. The normalized spacial score (nSPS) is 15.8. The lowest BCUT2D eigenvalue weighted by atomic mass is 9.93. The molecular formula is C17H24Cl2N2O. The average molecular weight is 343 g/mol. The van der Waals surface area contributed by atoms with E-state index in [1.165, 1.54) is 12.8 Å². The summed E-state index contributed by atoms with van der Waals surface area (Å²) in [6, 6.07) is 5.55. The molecule has 0 aliphatic carbocycles. The van der Waals surface area contributed by atoms with Crippen LogP contribution in [0.1, 0.15) is 38.2 Å². The summed E-state index contributed by atoms with van der Waals surface area (Å²) in [5.41, 5.74) is 1.02. The first kappa shape index (κ1) is 17.6. The lowest BCUT2D eigenvalue weighted by molar-refractivity contribution is -0.132. The Morgan fingerprint density at radius 1 is 1.27 bits per heavy atom. The number of nitrogens with zero attached hydrogens (tertiary/aromatic N) is 1. The van der Waals surface area contributed by atoms with Gasteiger partial charge < -0.3 is 10.2 Å². The summed E-state index contributed by atoms with van der Waals surface area (Å²) in [4.78, 5) is 14.3. The summed E-state index contributed by atoms with van der Waals surface area (Å²) in [5.74, 6) is 0.918. The number of hydrogen-bond donors (Lipinski definition) is 1. The standard InChI is InChI=1S/C17H24Cl2N2O/c1-2-21(12-14-3-5-15(18)16(19)11-14)17(22)6-4-13-7-9-20-10-8-13/h3,5,11,13,20H,2,4,6-10,12H2,1H3. The van der Waals surface area contributed by atoms with Crippen LogP contribution in [0.2, 0.25) is 10.0 Å². The SMILES string of the molecule is CCN(Cc1ccc(Cl)c(Cl)c1)C(=O)CCC1CCNCC1. The molecule has 22 heavy (non-hydrogen) atoms. The second kappa shape index (κ2) is 8.76. The number of carbonyl (C=O) groups is 1. The van der Waals surface area contributed by atoms with E-state index in [-0.39, 0.29) is 5.91 Å². The Morgan fingerprint density at radius 2 is 2.00 bits per heavy atom. The molecule has 1 N–H and O–H groups in total. The molecule has 3 nitrogen and oxygen atoms in total. The third-order valence-corrected chi connectivity index (χ3v) is 5.06. The van der Waals surface area contributed by atoms with Gasteiger partial charge in [-0.1, -0.05) is 29.3 Å². The molecule has 1 aliphatic heterocycles. The smallest absolute Gasteiger partial charge is 0.222 e. The van der Waals surface area contributed by atoms with Crippen LogP contribution in [0.3, 0.4) is 0 Å². The Balaban J connectivity index is 1.86. The van der Waals surface area contributed by atoms with Crippen molar-refractivity contribution in [3.8, 4) is 0 Å². The first-order valence-electron chi connectivity index (χ1n) is 8.02. The van der Waals surface area contributed by atoms with E-state index in [1.807, 2.05) is 24.0 Å². The van der Waals surface area contributed by atoms with Crippen LogP contribution in [0, 0.1) is 5.92 Å². The summed E-state index contributed by atoms with van der Waals surface area (Å²) >= 11 is 12.0. The van der Waals surface area contributed by atoms with Crippen LogP contribution in [0.5, 0.6) is 0 Å². The van der Waals surface area contributed by atoms with E-state index in [1.54, 1.807) is 6.07 Å². The fraction of sp³-hybridized carbons (Fsp3) is 0.588. The van der Waals surface area contributed by atoms with E-state index in [2.05, 4.69) is 5.32 Å². The largest absolute Gasteiger partial charge is 0.339 e. The second-order valence-electron chi connectivity index (χ2n) is 5.89. The highest BCUT2D eigenvalue weighted by Gasteiger charge is 2.17. The average Bonchev–Trinajstić information content (AvgIpc) is 2.54. The lowest BCUT2D eigenvalue weighted by Crippen LogP contribution is -2.32. The molecule has 1 saturated heterocycles. The van der Waals surface area contributed by atoms with E-state index in [4.69, 9.17) is 23.2 Å². The van der Waals surface area contributed by atoms with Crippen molar-refractivity contribution in [1.29, 1.82) is 0 Å². The maximum Gasteiger partial charge on any atom is 0.222 e. The molecule has 0 saturated carbocycles. The first-order valence-corrected chi connectivity index (χ1v) is 8.78. The number of benzene rings is 1. The van der Waals surface area contributed by atoms with Crippen molar-refractivity contribution in [3.63, 3.8) is 0 Å². The maximum absolute atomic E-state index is 12.4. The van der Waals surface area contributed by atoms with Gasteiger partial charge in [0.2, 0.25) is 5.91 Å². The first-order chi connectivity index (χ1) is 10.6. The Morgan fingerprint density at radius 3 is 2.64 bits per heavy atom. The summed E-state index contributed by atoms with van der Waals surface area (Å²) in [7, 11) is 0. The number of rotatable bonds is 6. The molecule has 1 heterocycles. The minimum atomic E-state index is 0.229. The van der Waals surface area contributed by atoms with Crippen molar-refractivity contribution >= 4 is 29.1 Å². The van der Waals surface area contributed by atoms with Crippen LogP contribution in [0.4, 0.5) is 0 Å². The van der Waals surface area contributed by atoms with Crippen LogP contribution in [0.25, 0.3) is 0 Å². The van der Waals surface area contributed by atoms with E-state index < -0.39 is 0 Å². The van der Waals surface area contributed by atoms with Crippen molar-refractivity contribution in [3.05, 3.63) is 33.8 Å². The van der Waals surface area contributed by atoms with Gasteiger partial charge in [0.1, 0.15) is 0 Å². The predicted octanol–water partition coefficient (Wildman–Crippen LogP) is 4.12. The number of nitrogens with one attached hydrogen (secondary N) is 1. The predicted molar refractivity (Wildman–Crippen MR) is 92.4 cm³/mol. The summed E-state index contributed by atoms with van der Waals surface area (Å²) in [6.07, 6.45) is 4.01. The molecule has 1 aromatic rings. The van der Waals surface area contributed by atoms with Crippen LogP contribution in [-0.4, -0.2) is 30.4 Å². The molecule has 1 aromatic carbocycles. The van der Waals surface area contributed by atoms with E-state index in [0.717, 1.165) is 25.1 Å². The molecule has 1 aliphatic rings. The molecule has 0 bridgehead atoms. The summed E-state index contributed by atoms with van der Waals surface area (Å²) in [5, 5.41) is 4.45. The number of carbonyl (C=O) groups excluding carboxylic acids is 1. The number of piperidine rings is 1. The molecule has 0 atom stereocenters. The Labute approximate surface area is 143 Å². The highest BCUT2D eigenvalue weighted by molar-refractivity contribution is 6.42. The molecule has 0 spiro atoms. The fourth-order valence-electron chi connectivity index (χ4n) is 2.89. The van der Waals surface area contributed by atoms with Crippen molar-refractivity contribution in [2.45, 2.75) is 39.2 Å². The maximum atomic E-state index is 12.4. The van der Waals surface area contributed by atoms with Gasteiger partial charge in [-0.25, -0.2) is 0 Å². The Kier molecular flexibility index (Phi) is 7.00. The third kappa shape index (κ3) is 5.15. The van der Waals surface area contributed by atoms with Crippen LogP contribution >= 0.6 is 23.2 Å².